The highest BCUT2D eigenvalue weighted by Crippen LogP contribution is 2.17. The van der Waals surface area contributed by atoms with Crippen molar-refractivity contribution < 1.29 is 4.79 Å². The zero-order chi connectivity index (χ0) is 17.8. The van der Waals surface area contributed by atoms with Crippen LogP contribution in [0.5, 0.6) is 0 Å². The number of aromatic nitrogens is 3. The van der Waals surface area contributed by atoms with Gasteiger partial charge in [-0.15, -0.1) is 5.10 Å². The number of nitriles is 1. The average molecular weight is 331 g/mol. The van der Waals surface area contributed by atoms with Gasteiger partial charge in [0.05, 0.1) is 22.6 Å². The molecule has 124 valence electrons. The van der Waals surface area contributed by atoms with Crippen molar-refractivity contribution in [3.63, 3.8) is 0 Å². The minimum atomic E-state index is -0.392. The molecule has 1 heterocycles. The summed E-state index contributed by atoms with van der Waals surface area (Å²) in [7, 11) is 0. The van der Waals surface area contributed by atoms with Gasteiger partial charge in [-0.2, -0.15) is 5.26 Å². The molecule has 2 aromatic carbocycles. The van der Waals surface area contributed by atoms with Gasteiger partial charge < -0.3 is 5.32 Å². The first-order chi connectivity index (χ1) is 12.1. The summed E-state index contributed by atoms with van der Waals surface area (Å²) in [6, 6.07) is 16.8. The van der Waals surface area contributed by atoms with E-state index in [1.807, 2.05) is 24.3 Å². The highest BCUT2D eigenvalue weighted by molar-refractivity contribution is 6.04. The van der Waals surface area contributed by atoms with Crippen molar-refractivity contribution in [2.24, 2.45) is 0 Å². The summed E-state index contributed by atoms with van der Waals surface area (Å²) >= 11 is 0. The fourth-order valence-electron chi connectivity index (χ4n) is 2.53. The maximum atomic E-state index is 12.5. The van der Waals surface area contributed by atoms with Gasteiger partial charge >= 0.3 is 0 Å². The number of anilines is 1. The number of rotatable bonds is 4. The van der Waals surface area contributed by atoms with Crippen molar-refractivity contribution in [2.75, 3.05) is 5.32 Å². The van der Waals surface area contributed by atoms with Crippen molar-refractivity contribution in [1.29, 1.82) is 5.26 Å². The molecule has 3 aromatic rings. The molecule has 0 bridgehead atoms. The zero-order valence-electron chi connectivity index (χ0n) is 14.0. The van der Waals surface area contributed by atoms with Gasteiger partial charge in [0.15, 0.2) is 5.69 Å². The maximum Gasteiger partial charge on any atom is 0.278 e. The molecule has 0 aliphatic rings. The summed E-state index contributed by atoms with van der Waals surface area (Å²) < 4.78 is 1.63. The first-order valence-electron chi connectivity index (χ1n) is 7.96. The number of hydrogen-bond donors (Lipinski definition) is 1. The molecule has 0 aliphatic heterocycles. The Kier molecular flexibility index (Phi) is 4.57. The van der Waals surface area contributed by atoms with Gasteiger partial charge in [0, 0.05) is 0 Å². The Morgan fingerprint density at radius 1 is 1.20 bits per heavy atom. The lowest BCUT2D eigenvalue weighted by Gasteiger charge is -2.06. The van der Waals surface area contributed by atoms with Crippen LogP contribution in [0.25, 0.3) is 5.69 Å². The Balaban J connectivity index is 1.87. The van der Waals surface area contributed by atoms with Crippen molar-refractivity contribution in [1.82, 2.24) is 15.0 Å². The Morgan fingerprint density at radius 2 is 1.92 bits per heavy atom. The number of benzene rings is 2. The third-order valence-corrected chi connectivity index (χ3v) is 3.99. The molecule has 3 rings (SSSR count). The summed E-state index contributed by atoms with van der Waals surface area (Å²) in [5, 5.41) is 19.9. The van der Waals surface area contributed by atoms with Crippen LogP contribution in [-0.4, -0.2) is 20.9 Å². The minimum Gasteiger partial charge on any atom is -0.319 e. The number of amides is 1. The molecule has 0 saturated carbocycles. The standard InChI is InChI=1S/C19H17N5O/c1-3-14-8-10-16(11-9-14)24-13(2)18(22-23-24)19(25)21-17-7-5-4-6-15(17)12-20/h4-11H,3H2,1-2H3,(H,21,25). The third-order valence-electron chi connectivity index (χ3n) is 3.99. The van der Waals surface area contributed by atoms with E-state index in [0.29, 0.717) is 16.9 Å². The molecule has 6 nitrogen and oxygen atoms in total. The van der Waals surface area contributed by atoms with Gasteiger partial charge in [-0.05, 0) is 43.2 Å². The van der Waals surface area contributed by atoms with Crippen LogP contribution in [0, 0.1) is 18.3 Å². The highest BCUT2D eigenvalue weighted by atomic mass is 16.2. The van der Waals surface area contributed by atoms with E-state index < -0.39 is 5.91 Å². The minimum absolute atomic E-state index is 0.229. The summed E-state index contributed by atoms with van der Waals surface area (Å²) in [5.74, 6) is -0.392. The van der Waals surface area contributed by atoms with Gasteiger partial charge in [0.2, 0.25) is 0 Å². The van der Waals surface area contributed by atoms with Crippen LogP contribution in [-0.2, 0) is 6.42 Å². The number of hydrogen-bond acceptors (Lipinski definition) is 4. The van der Waals surface area contributed by atoms with Gasteiger partial charge in [0.1, 0.15) is 6.07 Å². The van der Waals surface area contributed by atoms with Crippen LogP contribution in [0.15, 0.2) is 48.5 Å². The molecular weight excluding hydrogens is 314 g/mol. The first-order valence-corrected chi connectivity index (χ1v) is 7.96. The topological polar surface area (TPSA) is 83.6 Å². The predicted molar refractivity (Wildman–Crippen MR) is 94.6 cm³/mol. The molecule has 0 saturated heterocycles. The smallest absolute Gasteiger partial charge is 0.278 e. The van der Waals surface area contributed by atoms with E-state index in [0.717, 1.165) is 12.1 Å². The number of aryl methyl sites for hydroxylation is 1. The Labute approximate surface area is 145 Å². The molecule has 1 N–H and O–H groups in total. The molecule has 0 unspecified atom stereocenters. The number of nitrogens with zero attached hydrogens (tertiary/aromatic N) is 4. The van der Waals surface area contributed by atoms with Gasteiger partial charge in [-0.1, -0.05) is 36.4 Å². The lowest BCUT2D eigenvalue weighted by molar-refractivity contribution is 0.102. The van der Waals surface area contributed by atoms with Crippen LogP contribution < -0.4 is 5.32 Å². The average Bonchev–Trinajstić information content (AvgIpc) is 3.03. The Morgan fingerprint density at radius 3 is 2.60 bits per heavy atom. The van der Waals surface area contributed by atoms with E-state index >= 15 is 0 Å². The largest absolute Gasteiger partial charge is 0.319 e. The lowest BCUT2D eigenvalue weighted by atomic mass is 10.1. The maximum absolute atomic E-state index is 12.5. The molecule has 1 amide bonds. The van der Waals surface area contributed by atoms with Crippen LogP contribution in [0.3, 0.4) is 0 Å². The van der Waals surface area contributed by atoms with Gasteiger partial charge in [-0.25, -0.2) is 4.68 Å². The summed E-state index contributed by atoms with van der Waals surface area (Å²) in [4.78, 5) is 12.5. The van der Waals surface area contributed by atoms with Crippen LogP contribution in [0.4, 0.5) is 5.69 Å². The lowest BCUT2D eigenvalue weighted by Crippen LogP contribution is -2.15. The second-order valence-electron chi connectivity index (χ2n) is 5.57. The fraction of sp³-hybridized carbons (Fsp3) is 0.158. The van der Waals surface area contributed by atoms with Crippen molar-refractivity contribution in [3.05, 3.63) is 71.0 Å². The second-order valence-corrected chi connectivity index (χ2v) is 5.57. The molecule has 0 atom stereocenters. The third kappa shape index (κ3) is 3.26. The summed E-state index contributed by atoms with van der Waals surface area (Å²) in [5.41, 5.74) is 3.79. The van der Waals surface area contributed by atoms with E-state index in [4.69, 9.17) is 5.26 Å². The Bertz CT molecular complexity index is 951. The molecule has 0 aliphatic carbocycles. The van der Waals surface area contributed by atoms with E-state index in [2.05, 4.69) is 28.6 Å². The first kappa shape index (κ1) is 16.4. The predicted octanol–water partition coefficient (Wildman–Crippen LogP) is 3.26. The highest BCUT2D eigenvalue weighted by Gasteiger charge is 2.18. The number of carbonyl (C=O) groups is 1. The molecule has 0 fully saturated rings. The molecule has 0 radical (unpaired) electrons. The van der Waals surface area contributed by atoms with Crippen LogP contribution in [0.1, 0.15) is 34.2 Å². The van der Waals surface area contributed by atoms with Gasteiger partial charge in [-0.3, -0.25) is 4.79 Å². The van der Waals surface area contributed by atoms with E-state index in [1.165, 1.54) is 5.56 Å². The Hall–Kier alpha value is -3.46. The van der Waals surface area contributed by atoms with E-state index in [1.54, 1.807) is 35.9 Å². The quantitative estimate of drug-likeness (QED) is 0.795. The van der Waals surface area contributed by atoms with Crippen LogP contribution >= 0.6 is 0 Å². The molecule has 0 spiro atoms. The molecule has 1 aromatic heterocycles. The van der Waals surface area contributed by atoms with Crippen molar-refractivity contribution in [2.45, 2.75) is 20.3 Å². The number of para-hydroxylation sites is 1. The van der Waals surface area contributed by atoms with Gasteiger partial charge in [0.25, 0.3) is 5.91 Å². The summed E-state index contributed by atoms with van der Waals surface area (Å²) in [6.45, 7) is 3.89. The van der Waals surface area contributed by atoms with Crippen molar-refractivity contribution in [3.8, 4) is 11.8 Å². The molecule has 6 heteroatoms. The van der Waals surface area contributed by atoms with Crippen LogP contribution in [0.2, 0.25) is 0 Å². The second kappa shape index (κ2) is 6.97. The normalized spacial score (nSPS) is 10.3. The van der Waals surface area contributed by atoms with Crippen molar-refractivity contribution >= 4 is 11.6 Å². The monoisotopic (exact) mass is 331 g/mol. The number of nitrogens with one attached hydrogen (secondary N) is 1. The zero-order valence-corrected chi connectivity index (χ0v) is 14.0. The molecular formula is C19H17N5O. The van der Waals surface area contributed by atoms with E-state index in [-0.39, 0.29) is 5.69 Å². The SMILES string of the molecule is CCc1ccc(-n2nnc(C(=O)Nc3ccccc3C#N)c2C)cc1. The van der Waals surface area contributed by atoms with E-state index in [9.17, 15) is 4.79 Å². The number of carbonyl (C=O) groups excluding carboxylic acids is 1. The molecule has 25 heavy (non-hydrogen) atoms. The fourth-order valence-corrected chi connectivity index (χ4v) is 2.53. The summed E-state index contributed by atoms with van der Waals surface area (Å²) in [6.07, 6.45) is 0.961.